The van der Waals surface area contributed by atoms with Crippen LogP contribution in [0.15, 0.2) is 18.2 Å². The van der Waals surface area contributed by atoms with Crippen molar-refractivity contribution in [2.75, 3.05) is 18.0 Å². The van der Waals surface area contributed by atoms with Gasteiger partial charge in [-0.05, 0) is 31.4 Å². The van der Waals surface area contributed by atoms with Gasteiger partial charge in [0.05, 0.1) is 5.69 Å². The number of benzene rings is 1. The Morgan fingerprint density at radius 1 is 1.30 bits per heavy atom. The first-order chi connectivity index (χ1) is 11.0. The number of anilines is 1. The van der Waals surface area contributed by atoms with Crippen LogP contribution in [0.3, 0.4) is 0 Å². The molecular formula is C17H21FN2O3. The van der Waals surface area contributed by atoms with Gasteiger partial charge in [-0.25, -0.2) is 9.18 Å². The minimum Gasteiger partial charge on any atom is -0.481 e. The van der Waals surface area contributed by atoms with Crippen LogP contribution in [-0.2, 0) is 10.2 Å². The lowest BCUT2D eigenvalue weighted by molar-refractivity contribution is -0.137. The molecule has 0 saturated heterocycles. The van der Waals surface area contributed by atoms with E-state index in [4.69, 9.17) is 5.11 Å². The molecule has 6 heteroatoms. The van der Waals surface area contributed by atoms with Crippen LogP contribution in [0.5, 0.6) is 0 Å². The van der Waals surface area contributed by atoms with Crippen molar-refractivity contribution in [1.29, 1.82) is 0 Å². The molecule has 0 unspecified atom stereocenters. The normalized spacial score (nSPS) is 18.2. The third-order valence-corrected chi connectivity index (χ3v) is 4.92. The average Bonchev–Trinajstić information content (AvgIpc) is 3.10. The van der Waals surface area contributed by atoms with E-state index in [1.54, 1.807) is 17.0 Å². The Balaban J connectivity index is 1.76. The highest BCUT2D eigenvalue weighted by Crippen LogP contribution is 2.51. The molecule has 1 aliphatic carbocycles. The largest absolute Gasteiger partial charge is 0.481 e. The molecule has 124 valence electrons. The predicted octanol–water partition coefficient (Wildman–Crippen LogP) is 3.03. The van der Waals surface area contributed by atoms with Crippen molar-refractivity contribution >= 4 is 17.7 Å². The molecule has 1 heterocycles. The number of hydrogen-bond donors (Lipinski definition) is 2. The van der Waals surface area contributed by atoms with Crippen LogP contribution in [0.2, 0.25) is 0 Å². The number of urea groups is 1. The summed E-state index contributed by atoms with van der Waals surface area (Å²) in [4.78, 5) is 24.6. The minimum absolute atomic E-state index is 0.0232. The summed E-state index contributed by atoms with van der Waals surface area (Å²) >= 11 is 0. The summed E-state index contributed by atoms with van der Waals surface area (Å²) in [6, 6.07) is 4.62. The van der Waals surface area contributed by atoms with Crippen LogP contribution in [0.1, 0.15) is 44.1 Å². The highest BCUT2D eigenvalue weighted by atomic mass is 19.1. The molecule has 2 N–H and O–H groups in total. The zero-order valence-corrected chi connectivity index (χ0v) is 13.0. The Morgan fingerprint density at radius 2 is 2.04 bits per heavy atom. The number of carbonyl (C=O) groups is 2. The number of carboxylic acid groups (broad SMARTS) is 1. The van der Waals surface area contributed by atoms with Crippen molar-refractivity contribution in [1.82, 2.24) is 5.32 Å². The summed E-state index contributed by atoms with van der Waals surface area (Å²) in [6.07, 6.45) is 4.34. The van der Waals surface area contributed by atoms with Gasteiger partial charge < -0.3 is 10.4 Å². The van der Waals surface area contributed by atoms with Crippen molar-refractivity contribution in [2.24, 2.45) is 0 Å². The third-order valence-electron chi connectivity index (χ3n) is 4.92. The first-order valence-electron chi connectivity index (χ1n) is 8.10. The van der Waals surface area contributed by atoms with Gasteiger partial charge in [0.25, 0.3) is 0 Å². The maximum absolute atomic E-state index is 14.4. The van der Waals surface area contributed by atoms with Gasteiger partial charge in [-0.3, -0.25) is 9.69 Å². The molecule has 1 aromatic carbocycles. The number of aliphatic carboxylic acids is 1. The number of carboxylic acids is 1. The summed E-state index contributed by atoms with van der Waals surface area (Å²) in [5.74, 6) is -1.11. The second-order valence-electron chi connectivity index (χ2n) is 6.44. The lowest BCUT2D eigenvalue weighted by Crippen LogP contribution is -2.42. The second-order valence-corrected chi connectivity index (χ2v) is 6.44. The highest BCUT2D eigenvalue weighted by molar-refractivity contribution is 5.95. The third kappa shape index (κ3) is 2.90. The smallest absolute Gasteiger partial charge is 0.321 e. The zero-order chi connectivity index (χ0) is 16.4. The Labute approximate surface area is 134 Å². The molecule has 23 heavy (non-hydrogen) atoms. The van der Waals surface area contributed by atoms with Crippen LogP contribution in [0, 0.1) is 5.82 Å². The molecule has 0 radical (unpaired) electrons. The monoisotopic (exact) mass is 320 g/mol. The van der Waals surface area contributed by atoms with E-state index in [1.165, 1.54) is 6.07 Å². The molecule has 3 rings (SSSR count). The second kappa shape index (κ2) is 6.18. The number of carbonyl (C=O) groups excluding carboxylic acids is 1. The quantitative estimate of drug-likeness (QED) is 0.838. The molecule has 2 aliphatic rings. The standard InChI is InChI=1S/C17H21FN2O3/c18-12-5-3-6-13-15(12)17(8-1-2-9-17)11-20(13)16(23)19-10-4-7-14(21)22/h3,5-6H,1-2,4,7-11H2,(H,19,23)(H,21,22). The Hall–Kier alpha value is -2.11. The van der Waals surface area contributed by atoms with E-state index in [1.807, 2.05) is 0 Å². The molecule has 0 atom stereocenters. The Bertz CT molecular complexity index is 626. The molecular weight excluding hydrogens is 299 g/mol. The fourth-order valence-electron chi connectivity index (χ4n) is 3.90. The lowest BCUT2D eigenvalue weighted by atomic mass is 9.80. The maximum atomic E-state index is 14.4. The summed E-state index contributed by atoms with van der Waals surface area (Å²) in [5, 5.41) is 11.4. The highest BCUT2D eigenvalue weighted by Gasteiger charge is 2.47. The maximum Gasteiger partial charge on any atom is 0.321 e. The molecule has 0 aromatic heterocycles. The van der Waals surface area contributed by atoms with E-state index in [0.29, 0.717) is 30.8 Å². The van der Waals surface area contributed by atoms with Crippen LogP contribution >= 0.6 is 0 Å². The van der Waals surface area contributed by atoms with Gasteiger partial charge in [0.1, 0.15) is 5.82 Å². The van der Waals surface area contributed by atoms with Gasteiger partial charge >= 0.3 is 12.0 Å². The van der Waals surface area contributed by atoms with E-state index in [2.05, 4.69) is 5.32 Å². The molecule has 1 spiro atoms. The van der Waals surface area contributed by atoms with Crippen molar-refractivity contribution in [2.45, 2.75) is 43.9 Å². The molecule has 5 nitrogen and oxygen atoms in total. The van der Waals surface area contributed by atoms with E-state index < -0.39 is 5.97 Å². The zero-order valence-electron chi connectivity index (χ0n) is 13.0. The van der Waals surface area contributed by atoms with Crippen molar-refractivity contribution < 1.29 is 19.1 Å². The summed E-state index contributed by atoms with van der Waals surface area (Å²) in [6.45, 7) is 0.813. The topological polar surface area (TPSA) is 69.6 Å². The molecule has 1 saturated carbocycles. The fraction of sp³-hybridized carbons (Fsp3) is 0.529. The van der Waals surface area contributed by atoms with Crippen molar-refractivity contribution in [3.8, 4) is 0 Å². The molecule has 1 fully saturated rings. The molecule has 2 amide bonds. The van der Waals surface area contributed by atoms with Crippen LogP contribution in [0.25, 0.3) is 0 Å². The summed E-state index contributed by atoms with van der Waals surface area (Å²) in [5.41, 5.74) is 1.08. The van der Waals surface area contributed by atoms with E-state index in [-0.39, 0.29) is 23.7 Å². The summed E-state index contributed by atoms with van der Waals surface area (Å²) in [7, 11) is 0. The first kappa shape index (κ1) is 15.8. The van der Waals surface area contributed by atoms with Crippen molar-refractivity contribution in [3.63, 3.8) is 0 Å². The predicted molar refractivity (Wildman–Crippen MR) is 84.2 cm³/mol. The van der Waals surface area contributed by atoms with E-state index in [0.717, 1.165) is 25.7 Å². The summed E-state index contributed by atoms with van der Waals surface area (Å²) < 4.78 is 14.4. The van der Waals surface area contributed by atoms with Crippen molar-refractivity contribution in [3.05, 3.63) is 29.6 Å². The molecule has 1 aromatic rings. The van der Waals surface area contributed by atoms with Gasteiger partial charge in [0, 0.05) is 30.5 Å². The van der Waals surface area contributed by atoms with Gasteiger partial charge in [0.15, 0.2) is 0 Å². The number of rotatable bonds is 4. The Morgan fingerprint density at radius 3 is 2.74 bits per heavy atom. The minimum atomic E-state index is -0.877. The van der Waals surface area contributed by atoms with Crippen LogP contribution in [0.4, 0.5) is 14.9 Å². The lowest BCUT2D eigenvalue weighted by Gasteiger charge is -2.25. The van der Waals surface area contributed by atoms with E-state index in [9.17, 15) is 14.0 Å². The number of nitrogens with zero attached hydrogens (tertiary/aromatic N) is 1. The van der Waals surface area contributed by atoms with E-state index >= 15 is 0 Å². The number of halogens is 1. The van der Waals surface area contributed by atoms with Gasteiger partial charge in [-0.2, -0.15) is 0 Å². The van der Waals surface area contributed by atoms with Gasteiger partial charge in [0.2, 0.25) is 0 Å². The molecule has 1 aliphatic heterocycles. The SMILES string of the molecule is O=C(O)CCCNC(=O)N1CC2(CCCC2)c2c(F)cccc21. The first-order valence-corrected chi connectivity index (χ1v) is 8.10. The number of nitrogens with one attached hydrogen (secondary N) is 1. The van der Waals surface area contributed by atoms with Gasteiger partial charge in [-0.1, -0.05) is 18.9 Å². The fourth-order valence-corrected chi connectivity index (χ4v) is 3.90. The number of fused-ring (bicyclic) bond motifs is 2. The number of hydrogen-bond acceptors (Lipinski definition) is 2. The average molecular weight is 320 g/mol. The van der Waals surface area contributed by atoms with Crippen LogP contribution in [-0.4, -0.2) is 30.2 Å². The molecule has 0 bridgehead atoms. The number of amides is 2. The Kier molecular flexibility index (Phi) is 4.24. The van der Waals surface area contributed by atoms with Crippen LogP contribution < -0.4 is 10.2 Å². The van der Waals surface area contributed by atoms with Gasteiger partial charge in [-0.15, -0.1) is 0 Å².